The number of nitrogens with one attached hydrogen (secondary N) is 2. The number of hydrogen-bond acceptors (Lipinski definition) is 6. The van der Waals surface area contributed by atoms with Crippen molar-refractivity contribution in [3.63, 3.8) is 0 Å². The molecule has 1 atom stereocenters. The van der Waals surface area contributed by atoms with E-state index in [0.717, 1.165) is 25.1 Å². The summed E-state index contributed by atoms with van der Waals surface area (Å²) in [6, 6.07) is 0. The van der Waals surface area contributed by atoms with E-state index in [1.807, 2.05) is 14.0 Å². The van der Waals surface area contributed by atoms with E-state index in [9.17, 15) is 4.79 Å². The zero-order chi connectivity index (χ0) is 17.1. The largest absolute Gasteiger partial charge is 0.350 e. The minimum atomic E-state index is -0.161. The second kappa shape index (κ2) is 11.1. The topological polar surface area (TPSA) is 78.2 Å². The van der Waals surface area contributed by atoms with Gasteiger partial charge < -0.3 is 10.6 Å². The third-order valence-electron chi connectivity index (χ3n) is 3.60. The van der Waals surface area contributed by atoms with Crippen molar-refractivity contribution in [2.45, 2.75) is 33.1 Å². The summed E-state index contributed by atoms with van der Waals surface area (Å²) in [5.74, 6) is 0.728. The van der Waals surface area contributed by atoms with Gasteiger partial charge in [-0.3, -0.25) is 9.79 Å². The van der Waals surface area contributed by atoms with Crippen LogP contribution in [0.2, 0.25) is 0 Å². The molecule has 2 N–H and O–H groups in total. The second-order valence-corrected chi connectivity index (χ2v) is 6.17. The minimum Gasteiger partial charge on any atom is -0.350 e. The van der Waals surface area contributed by atoms with Gasteiger partial charge in [0.25, 0.3) is 5.91 Å². The Morgan fingerprint density at radius 2 is 2.26 bits per heavy atom. The van der Waals surface area contributed by atoms with E-state index in [0.29, 0.717) is 35.5 Å². The van der Waals surface area contributed by atoms with Gasteiger partial charge in [-0.15, -0.1) is 0 Å². The molecule has 0 aliphatic carbocycles. The SMILES string of the molecule is C=C1N=C(C(=O)NCC(CC)CCNC)SCN=CN=C1CC. The Balaban J connectivity index is 2.69. The van der Waals surface area contributed by atoms with E-state index < -0.39 is 0 Å². The fourth-order valence-electron chi connectivity index (χ4n) is 2.06. The molecule has 0 aromatic rings. The van der Waals surface area contributed by atoms with E-state index in [-0.39, 0.29) is 5.91 Å². The first-order chi connectivity index (χ1) is 11.1. The highest BCUT2D eigenvalue weighted by Crippen LogP contribution is 2.13. The number of carbonyl (C=O) groups excluding carboxylic acids is 1. The molecule has 1 rings (SSSR count). The molecular weight excluding hydrogens is 310 g/mol. The van der Waals surface area contributed by atoms with Crippen LogP contribution in [-0.2, 0) is 4.79 Å². The number of nitrogens with zero attached hydrogens (tertiary/aromatic N) is 3. The van der Waals surface area contributed by atoms with Crippen molar-refractivity contribution in [1.29, 1.82) is 0 Å². The summed E-state index contributed by atoms with van der Waals surface area (Å²) < 4.78 is 0. The minimum absolute atomic E-state index is 0.161. The summed E-state index contributed by atoms with van der Waals surface area (Å²) >= 11 is 1.31. The van der Waals surface area contributed by atoms with Gasteiger partial charge in [0.15, 0.2) is 5.04 Å². The molecule has 0 aromatic heterocycles. The first kappa shape index (κ1) is 19.6. The maximum absolute atomic E-state index is 12.4. The third kappa shape index (κ3) is 7.09. The highest BCUT2D eigenvalue weighted by Gasteiger charge is 2.16. The first-order valence-corrected chi connectivity index (χ1v) is 8.99. The van der Waals surface area contributed by atoms with Crippen molar-refractivity contribution >= 4 is 34.8 Å². The van der Waals surface area contributed by atoms with Crippen molar-refractivity contribution in [2.75, 3.05) is 26.0 Å². The molecule has 6 nitrogen and oxygen atoms in total. The van der Waals surface area contributed by atoms with Crippen molar-refractivity contribution in [3.05, 3.63) is 12.3 Å². The van der Waals surface area contributed by atoms with Crippen LogP contribution in [0, 0.1) is 5.92 Å². The van der Waals surface area contributed by atoms with E-state index >= 15 is 0 Å². The van der Waals surface area contributed by atoms with Crippen LogP contribution >= 0.6 is 11.8 Å². The van der Waals surface area contributed by atoms with Gasteiger partial charge in [-0.05, 0) is 32.4 Å². The maximum atomic E-state index is 12.4. The van der Waals surface area contributed by atoms with Gasteiger partial charge >= 0.3 is 0 Å². The Kier molecular flexibility index (Phi) is 9.47. The van der Waals surface area contributed by atoms with Crippen LogP contribution in [0.15, 0.2) is 27.3 Å². The van der Waals surface area contributed by atoms with Crippen LogP contribution in [-0.4, -0.2) is 49.0 Å². The summed E-state index contributed by atoms with van der Waals surface area (Å²) in [6.07, 6.45) is 4.29. The third-order valence-corrected chi connectivity index (χ3v) is 4.43. The maximum Gasteiger partial charge on any atom is 0.276 e. The predicted molar refractivity (Wildman–Crippen MR) is 101 cm³/mol. The van der Waals surface area contributed by atoms with Gasteiger partial charge in [0.05, 0.1) is 17.3 Å². The molecule has 1 aliphatic rings. The van der Waals surface area contributed by atoms with Crippen LogP contribution in [0.25, 0.3) is 0 Å². The van der Waals surface area contributed by atoms with Crippen LogP contribution in [0.4, 0.5) is 0 Å². The molecule has 0 bridgehead atoms. The fraction of sp³-hybridized carbons (Fsp3) is 0.625. The summed E-state index contributed by atoms with van der Waals surface area (Å²) in [6.45, 7) is 9.63. The number of amides is 1. The quantitative estimate of drug-likeness (QED) is 0.713. The zero-order valence-corrected chi connectivity index (χ0v) is 15.1. The molecule has 128 valence electrons. The lowest BCUT2D eigenvalue weighted by Crippen LogP contribution is -2.34. The van der Waals surface area contributed by atoms with Gasteiger partial charge in [-0.2, -0.15) is 0 Å². The van der Waals surface area contributed by atoms with E-state index in [4.69, 9.17) is 0 Å². The smallest absolute Gasteiger partial charge is 0.276 e. The molecule has 0 radical (unpaired) electrons. The number of rotatable bonds is 8. The number of allylic oxidation sites excluding steroid dienone is 1. The molecule has 0 fully saturated rings. The van der Waals surface area contributed by atoms with Gasteiger partial charge in [0.2, 0.25) is 0 Å². The molecule has 0 aromatic carbocycles. The average Bonchev–Trinajstić information content (AvgIpc) is 2.65. The number of carbonyl (C=O) groups is 1. The molecule has 1 aliphatic heterocycles. The first-order valence-electron chi connectivity index (χ1n) is 8.00. The average molecular weight is 337 g/mol. The van der Waals surface area contributed by atoms with E-state index in [1.165, 1.54) is 18.1 Å². The van der Waals surface area contributed by atoms with E-state index in [1.54, 1.807) is 0 Å². The van der Waals surface area contributed by atoms with Crippen molar-refractivity contribution in [2.24, 2.45) is 20.9 Å². The summed E-state index contributed by atoms with van der Waals surface area (Å²) in [5, 5.41) is 6.53. The van der Waals surface area contributed by atoms with Crippen molar-refractivity contribution < 1.29 is 4.79 Å². The molecule has 1 unspecified atom stereocenters. The molecule has 0 saturated carbocycles. The standard InChI is InChI=1S/C16H27N5OS/c1-5-13(7-8-17-4)9-19-15(22)16-21-12(3)14(6-2)20-10-18-11-23-16/h10,13,17H,3,5-9,11H2,1-2,4H3,(H,19,22). The molecule has 1 amide bonds. The van der Waals surface area contributed by atoms with Gasteiger partial charge in [0, 0.05) is 6.54 Å². The molecule has 1 heterocycles. The lowest BCUT2D eigenvalue weighted by molar-refractivity contribution is -0.114. The predicted octanol–water partition coefficient (Wildman–Crippen LogP) is 2.23. The molecule has 0 saturated heterocycles. The highest BCUT2D eigenvalue weighted by atomic mass is 32.2. The van der Waals surface area contributed by atoms with Crippen molar-refractivity contribution in [3.8, 4) is 0 Å². The summed E-state index contributed by atoms with van der Waals surface area (Å²) in [4.78, 5) is 25.1. The lowest BCUT2D eigenvalue weighted by Gasteiger charge is -2.15. The Bertz CT molecular complexity index is 499. The van der Waals surface area contributed by atoms with Crippen LogP contribution in [0.3, 0.4) is 0 Å². The molecule has 0 spiro atoms. The van der Waals surface area contributed by atoms with Crippen LogP contribution in [0.1, 0.15) is 33.1 Å². The normalized spacial score (nSPS) is 16.7. The fourth-order valence-corrected chi connectivity index (χ4v) is 2.70. The van der Waals surface area contributed by atoms with Crippen LogP contribution < -0.4 is 10.6 Å². The second-order valence-electron chi connectivity index (χ2n) is 5.24. The van der Waals surface area contributed by atoms with Crippen molar-refractivity contribution in [1.82, 2.24) is 10.6 Å². The highest BCUT2D eigenvalue weighted by molar-refractivity contribution is 8.15. The van der Waals surface area contributed by atoms with Gasteiger partial charge in [-0.1, -0.05) is 38.6 Å². The summed E-state index contributed by atoms with van der Waals surface area (Å²) in [7, 11) is 1.94. The number of thioether (sulfide) groups is 1. The Hall–Kier alpha value is -1.47. The molecular formula is C16H27N5OS. The Labute approximate surface area is 143 Å². The van der Waals surface area contributed by atoms with Gasteiger partial charge in [0.1, 0.15) is 6.34 Å². The number of hydrogen-bond donors (Lipinski definition) is 2. The number of aliphatic imine (C=N–C) groups is 3. The molecule has 7 heteroatoms. The van der Waals surface area contributed by atoms with E-state index in [2.05, 4.69) is 39.1 Å². The van der Waals surface area contributed by atoms with Crippen LogP contribution in [0.5, 0.6) is 0 Å². The Morgan fingerprint density at radius 3 is 2.91 bits per heavy atom. The summed E-state index contributed by atoms with van der Waals surface area (Å²) in [5.41, 5.74) is 1.28. The Morgan fingerprint density at radius 1 is 1.48 bits per heavy atom. The molecule has 23 heavy (non-hydrogen) atoms. The monoisotopic (exact) mass is 337 g/mol. The lowest BCUT2D eigenvalue weighted by atomic mass is 10.0. The zero-order valence-electron chi connectivity index (χ0n) is 14.3. The van der Waals surface area contributed by atoms with Gasteiger partial charge in [-0.25, -0.2) is 9.98 Å².